The van der Waals surface area contributed by atoms with Crippen molar-refractivity contribution in [1.82, 2.24) is 0 Å². The van der Waals surface area contributed by atoms with E-state index in [2.05, 4.69) is 0 Å². The van der Waals surface area contributed by atoms with Crippen molar-refractivity contribution in [3.05, 3.63) is 23.8 Å². The largest absolute Gasteiger partial charge is 0.509 e. The first-order valence-electron chi connectivity index (χ1n) is 13.2. The Morgan fingerprint density at radius 1 is 1.21 bits per heavy atom. The maximum absolute atomic E-state index is 17.4. The fraction of sp³-hybridized carbons (Fsp3) is 0.750. The maximum Gasteiger partial charge on any atom is 0.509 e. The van der Waals surface area contributed by atoms with Gasteiger partial charge in [0.25, 0.3) is 0 Å². The summed E-state index contributed by atoms with van der Waals surface area (Å²) in [6, 6.07) is 0. The molecule has 0 spiro atoms. The molecule has 212 valence electrons. The number of ketones is 1. The zero-order valence-electron chi connectivity index (χ0n) is 22.7. The number of esters is 1. The van der Waals surface area contributed by atoms with E-state index < -0.39 is 82.5 Å². The quantitative estimate of drug-likeness (QED) is 0.483. The smallest absolute Gasteiger partial charge is 0.431 e. The highest BCUT2D eigenvalue weighted by atomic mass is 19.1. The van der Waals surface area contributed by atoms with Crippen LogP contribution in [0.2, 0.25) is 0 Å². The van der Waals surface area contributed by atoms with Crippen LogP contribution in [-0.4, -0.2) is 59.0 Å². The van der Waals surface area contributed by atoms with Crippen molar-refractivity contribution in [3.63, 3.8) is 0 Å². The summed E-state index contributed by atoms with van der Waals surface area (Å²) in [6.45, 7) is 8.27. The predicted octanol–water partition coefficient (Wildman–Crippen LogP) is 5.10. The van der Waals surface area contributed by atoms with Crippen molar-refractivity contribution in [2.75, 3.05) is 6.86 Å². The van der Waals surface area contributed by atoms with E-state index in [1.807, 2.05) is 0 Å². The number of allylic oxidation sites excluding steroid dienone is 4. The van der Waals surface area contributed by atoms with Gasteiger partial charge < -0.3 is 19.3 Å². The van der Waals surface area contributed by atoms with Crippen LogP contribution >= 0.6 is 0 Å². The van der Waals surface area contributed by atoms with Gasteiger partial charge in [0.1, 0.15) is 11.8 Å². The van der Waals surface area contributed by atoms with E-state index in [0.717, 1.165) is 6.08 Å². The lowest BCUT2D eigenvalue weighted by Gasteiger charge is -2.62. The number of carbonyl (C=O) groups excluding carboxylic acids is 3. The van der Waals surface area contributed by atoms with Crippen LogP contribution in [0, 0.1) is 28.6 Å². The standard InChI is InChI=1S/C28H37F3O7/c1-7-24(3,4)37-23(35)38-28(22(34)36-14-29)15(2)10-17-18-12-20(30)19-11-16(32)8-9-25(19,5)27(18,31)21(33)13-26(17,28)6/h8-9,11,15,17-18,20-21,33H,7,10,12-14H2,1-6H3/t15-,17+,18+,20+,21+,25+,26+,27?,28-/m1/s1. The van der Waals surface area contributed by atoms with E-state index in [9.17, 15) is 23.9 Å². The monoisotopic (exact) mass is 542 g/mol. The number of aliphatic hydroxyl groups excluding tert-OH is 1. The zero-order valence-corrected chi connectivity index (χ0v) is 22.7. The Kier molecular flexibility index (Phi) is 6.86. The lowest BCUT2D eigenvalue weighted by Crippen LogP contribution is -2.71. The molecule has 9 atom stereocenters. The average Bonchev–Trinajstić information content (AvgIpc) is 3.04. The predicted molar refractivity (Wildman–Crippen MR) is 130 cm³/mol. The van der Waals surface area contributed by atoms with E-state index >= 15 is 8.78 Å². The highest BCUT2D eigenvalue weighted by Gasteiger charge is 2.79. The number of fused-ring (bicyclic) bond motifs is 5. The van der Waals surface area contributed by atoms with Gasteiger partial charge in [-0.05, 0) is 70.1 Å². The molecule has 0 aliphatic heterocycles. The summed E-state index contributed by atoms with van der Waals surface area (Å²) in [6.07, 6.45) is -1.13. The molecule has 4 aliphatic rings. The molecule has 0 aromatic heterocycles. The third-order valence-electron chi connectivity index (χ3n) is 10.1. The molecule has 0 saturated heterocycles. The van der Waals surface area contributed by atoms with Crippen LogP contribution in [-0.2, 0) is 23.8 Å². The van der Waals surface area contributed by atoms with E-state index in [1.54, 1.807) is 34.6 Å². The van der Waals surface area contributed by atoms with Gasteiger partial charge in [-0.3, -0.25) is 4.79 Å². The van der Waals surface area contributed by atoms with Crippen LogP contribution in [0.25, 0.3) is 0 Å². The maximum atomic E-state index is 17.4. The highest BCUT2D eigenvalue weighted by molar-refractivity contribution is 6.01. The minimum Gasteiger partial charge on any atom is -0.431 e. The van der Waals surface area contributed by atoms with Crippen molar-refractivity contribution in [2.24, 2.45) is 28.6 Å². The van der Waals surface area contributed by atoms with Crippen molar-refractivity contribution in [3.8, 4) is 0 Å². The topological polar surface area (TPSA) is 99.1 Å². The van der Waals surface area contributed by atoms with Crippen molar-refractivity contribution >= 4 is 17.9 Å². The molecule has 0 aromatic carbocycles. The Morgan fingerprint density at radius 2 is 1.87 bits per heavy atom. The van der Waals surface area contributed by atoms with Gasteiger partial charge >= 0.3 is 12.1 Å². The Bertz CT molecular complexity index is 1090. The fourth-order valence-corrected chi connectivity index (χ4v) is 7.82. The number of aliphatic hydroxyl groups is 1. The van der Waals surface area contributed by atoms with Gasteiger partial charge in [-0.1, -0.05) is 26.8 Å². The van der Waals surface area contributed by atoms with E-state index in [-0.39, 0.29) is 24.8 Å². The van der Waals surface area contributed by atoms with Crippen LogP contribution in [0.1, 0.15) is 67.2 Å². The molecule has 10 heteroatoms. The molecule has 7 nitrogen and oxygen atoms in total. The fourth-order valence-electron chi connectivity index (χ4n) is 7.82. The molecule has 1 N–H and O–H groups in total. The van der Waals surface area contributed by atoms with Crippen molar-refractivity contribution < 1.29 is 46.9 Å². The Hall–Kier alpha value is -2.36. The van der Waals surface area contributed by atoms with E-state index in [0.29, 0.717) is 6.42 Å². The number of rotatable bonds is 5. The molecule has 4 rings (SSSR count). The van der Waals surface area contributed by atoms with Gasteiger partial charge in [0, 0.05) is 22.7 Å². The van der Waals surface area contributed by atoms with Crippen LogP contribution in [0.15, 0.2) is 23.8 Å². The van der Waals surface area contributed by atoms with Crippen LogP contribution < -0.4 is 0 Å². The minimum atomic E-state index is -2.38. The van der Waals surface area contributed by atoms with Gasteiger partial charge in [0.15, 0.2) is 11.5 Å². The number of halogens is 3. The van der Waals surface area contributed by atoms with E-state index in [4.69, 9.17) is 14.2 Å². The first-order chi connectivity index (χ1) is 17.5. The molecular weight excluding hydrogens is 505 g/mol. The lowest BCUT2D eigenvalue weighted by molar-refractivity contribution is -0.236. The summed E-state index contributed by atoms with van der Waals surface area (Å²) < 4.78 is 62.3. The van der Waals surface area contributed by atoms with Gasteiger partial charge in [0.2, 0.25) is 12.5 Å². The lowest BCUT2D eigenvalue weighted by atomic mass is 9.44. The number of carbonyl (C=O) groups is 3. The highest BCUT2D eigenvalue weighted by Crippen LogP contribution is 2.71. The van der Waals surface area contributed by atoms with Crippen LogP contribution in [0.3, 0.4) is 0 Å². The number of ether oxygens (including phenoxy) is 3. The molecule has 3 saturated carbocycles. The van der Waals surface area contributed by atoms with Gasteiger partial charge in [0.05, 0.1) is 6.10 Å². The van der Waals surface area contributed by atoms with Crippen molar-refractivity contribution in [2.45, 2.75) is 96.4 Å². The molecule has 4 aliphatic carbocycles. The second-order valence-corrected chi connectivity index (χ2v) is 12.3. The first-order valence-corrected chi connectivity index (χ1v) is 13.2. The molecule has 0 bridgehead atoms. The Labute approximate surface area is 220 Å². The summed E-state index contributed by atoms with van der Waals surface area (Å²) >= 11 is 0. The van der Waals surface area contributed by atoms with Crippen molar-refractivity contribution in [1.29, 1.82) is 0 Å². The molecule has 0 aromatic rings. The third kappa shape index (κ3) is 3.68. The van der Waals surface area contributed by atoms with Crippen LogP contribution in [0.5, 0.6) is 0 Å². The van der Waals surface area contributed by atoms with E-state index in [1.165, 1.54) is 19.1 Å². The number of alkyl halides is 3. The number of hydrogen-bond acceptors (Lipinski definition) is 7. The minimum absolute atomic E-state index is 0.0258. The summed E-state index contributed by atoms with van der Waals surface area (Å²) in [5, 5.41) is 11.5. The molecule has 0 amide bonds. The normalized spacial score (nSPS) is 43.9. The molecular formula is C28H37F3O7. The Balaban J connectivity index is 1.83. The summed E-state index contributed by atoms with van der Waals surface area (Å²) in [5.41, 5.74) is -8.51. The SMILES string of the molecule is CCC(C)(C)OC(=O)O[C@@]1(C(=O)OCF)[C@H](C)C[C@H]2[C@@H]3C[C@H](F)C4=CC(=O)C=C[C@]4(C)C3(F)[C@@H](O)C[C@@]21C. The average molecular weight is 543 g/mol. The second kappa shape index (κ2) is 9.10. The molecule has 0 radical (unpaired) electrons. The summed E-state index contributed by atoms with van der Waals surface area (Å²) in [7, 11) is 0. The summed E-state index contributed by atoms with van der Waals surface area (Å²) in [5.74, 6) is -4.28. The Morgan fingerprint density at radius 3 is 2.47 bits per heavy atom. The van der Waals surface area contributed by atoms with Crippen LogP contribution in [0.4, 0.5) is 18.0 Å². The van der Waals surface area contributed by atoms with Gasteiger partial charge in [-0.15, -0.1) is 0 Å². The molecule has 1 unspecified atom stereocenters. The third-order valence-corrected chi connectivity index (χ3v) is 10.1. The molecule has 0 heterocycles. The molecule has 3 fully saturated rings. The molecule has 38 heavy (non-hydrogen) atoms. The first kappa shape index (κ1) is 28.6. The van der Waals surface area contributed by atoms with Gasteiger partial charge in [-0.2, -0.15) is 0 Å². The van der Waals surface area contributed by atoms with Gasteiger partial charge in [-0.25, -0.2) is 22.8 Å². The number of hydrogen-bond donors (Lipinski definition) is 1. The zero-order chi connectivity index (χ0) is 28.5. The summed E-state index contributed by atoms with van der Waals surface area (Å²) in [4.78, 5) is 38.5. The second-order valence-electron chi connectivity index (χ2n) is 12.3.